The Morgan fingerprint density at radius 3 is 2.52 bits per heavy atom. The van der Waals surface area contributed by atoms with E-state index in [9.17, 15) is 8.42 Å². The highest BCUT2D eigenvalue weighted by atomic mass is 32.2. The van der Waals surface area contributed by atoms with Crippen LogP contribution in [0.25, 0.3) is 4.96 Å². The average Bonchev–Trinajstić information content (AvgIpc) is 2.95. The summed E-state index contributed by atoms with van der Waals surface area (Å²) in [6.07, 6.45) is 4.89. The second kappa shape index (κ2) is 5.37. The molecule has 7 heteroatoms. The SMILES string of the molecule is Cc1cn2c(S(=O)(=O)N3CCCCC3)c(C(C)C)nc2s1. The van der Waals surface area contributed by atoms with E-state index in [1.54, 1.807) is 8.71 Å². The van der Waals surface area contributed by atoms with Crippen molar-refractivity contribution in [1.29, 1.82) is 0 Å². The first kappa shape index (κ1) is 15.0. The minimum atomic E-state index is -3.47. The van der Waals surface area contributed by atoms with Crippen LogP contribution >= 0.6 is 11.3 Å². The molecule has 3 heterocycles. The van der Waals surface area contributed by atoms with Crippen molar-refractivity contribution in [2.24, 2.45) is 0 Å². The summed E-state index contributed by atoms with van der Waals surface area (Å²) in [6, 6.07) is 0. The highest BCUT2D eigenvalue weighted by molar-refractivity contribution is 7.89. The second-order valence-electron chi connectivity index (χ2n) is 5.92. The first-order valence-corrected chi connectivity index (χ1v) is 9.65. The summed E-state index contributed by atoms with van der Waals surface area (Å²) in [5.41, 5.74) is 0.687. The molecule has 1 aliphatic rings. The minimum Gasteiger partial charge on any atom is -0.279 e. The summed E-state index contributed by atoms with van der Waals surface area (Å²) in [4.78, 5) is 6.41. The van der Waals surface area contributed by atoms with E-state index in [2.05, 4.69) is 4.98 Å². The summed E-state index contributed by atoms with van der Waals surface area (Å²) >= 11 is 1.54. The lowest BCUT2D eigenvalue weighted by atomic mass is 10.2. The number of thiazole rings is 1. The normalized spacial score (nSPS) is 17.9. The molecule has 0 amide bonds. The molecule has 0 bridgehead atoms. The van der Waals surface area contributed by atoms with Gasteiger partial charge in [0.15, 0.2) is 9.99 Å². The number of sulfonamides is 1. The number of imidazole rings is 1. The van der Waals surface area contributed by atoms with Crippen LogP contribution in [0.4, 0.5) is 0 Å². The average molecular weight is 327 g/mol. The van der Waals surface area contributed by atoms with Gasteiger partial charge in [0, 0.05) is 24.2 Å². The Hall–Kier alpha value is -0.920. The van der Waals surface area contributed by atoms with Crippen LogP contribution in [0.2, 0.25) is 0 Å². The first-order valence-electron chi connectivity index (χ1n) is 7.40. The third-order valence-electron chi connectivity index (χ3n) is 3.87. The maximum atomic E-state index is 13.1. The molecule has 0 aromatic carbocycles. The summed E-state index contributed by atoms with van der Waals surface area (Å²) in [6.45, 7) is 7.21. The van der Waals surface area contributed by atoms with Crippen LogP contribution in [0.1, 0.15) is 49.6 Å². The van der Waals surface area contributed by atoms with Gasteiger partial charge in [-0.15, -0.1) is 11.3 Å². The zero-order valence-electron chi connectivity index (χ0n) is 12.7. The number of nitrogens with zero attached hydrogens (tertiary/aromatic N) is 3. The first-order chi connectivity index (χ1) is 9.91. The van der Waals surface area contributed by atoms with Gasteiger partial charge in [-0.25, -0.2) is 13.4 Å². The Labute approximate surface area is 129 Å². The molecule has 0 aliphatic carbocycles. The summed E-state index contributed by atoms with van der Waals surface area (Å²) in [5, 5.41) is 0.374. The molecule has 116 valence electrons. The third kappa shape index (κ3) is 2.51. The number of hydrogen-bond acceptors (Lipinski definition) is 4. The van der Waals surface area contributed by atoms with Gasteiger partial charge in [-0.3, -0.25) is 4.40 Å². The fraction of sp³-hybridized carbons (Fsp3) is 0.643. The van der Waals surface area contributed by atoms with E-state index in [4.69, 9.17) is 0 Å². The number of hydrogen-bond donors (Lipinski definition) is 0. The van der Waals surface area contributed by atoms with E-state index >= 15 is 0 Å². The minimum absolute atomic E-state index is 0.0898. The van der Waals surface area contributed by atoms with Gasteiger partial charge in [-0.1, -0.05) is 20.3 Å². The molecule has 0 radical (unpaired) electrons. The molecule has 2 aromatic heterocycles. The van der Waals surface area contributed by atoms with Crippen LogP contribution in [0.3, 0.4) is 0 Å². The maximum Gasteiger partial charge on any atom is 0.261 e. The molecular formula is C14H21N3O2S2. The van der Waals surface area contributed by atoms with Crippen molar-refractivity contribution >= 4 is 26.3 Å². The number of fused-ring (bicyclic) bond motifs is 1. The Morgan fingerprint density at radius 2 is 1.90 bits per heavy atom. The fourth-order valence-electron chi connectivity index (χ4n) is 2.81. The van der Waals surface area contributed by atoms with Gasteiger partial charge in [0.1, 0.15) is 0 Å². The van der Waals surface area contributed by atoms with Crippen molar-refractivity contribution in [3.8, 4) is 0 Å². The van der Waals surface area contributed by atoms with Crippen molar-refractivity contribution in [2.75, 3.05) is 13.1 Å². The van der Waals surface area contributed by atoms with Crippen LogP contribution in [0, 0.1) is 6.92 Å². The molecular weight excluding hydrogens is 306 g/mol. The highest BCUT2D eigenvalue weighted by Crippen LogP contribution is 2.31. The summed E-state index contributed by atoms with van der Waals surface area (Å²) in [7, 11) is -3.47. The van der Waals surface area contributed by atoms with Crippen LogP contribution in [0.15, 0.2) is 11.2 Å². The number of piperidine rings is 1. The molecule has 1 aliphatic heterocycles. The van der Waals surface area contributed by atoms with E-state index in [1.807, 2.05) is 27.0 Å². The summed E-state index contributed by atoms with van der Waals surface area (Å²) in [5.74, 6) is 0.0898. The van der Waals surface area contributed by atoms with Crippen molar-refractivity contribution in [1.82, 2.24) is 13.7 Å². The highest BCUT2D eigenvalue weighted by Gasteiger charge is 2.33. The molecule has 3 rings (SSSR count). The van der Waals surface area contributed by atoms with Gasteiger partial charge in [-0.2, -0.15) is 4.31 Å². The lowest BCUT2D eigenvalue weighted by Crippen LogP contribution is -2.36. The Balaban J connectivity index is 2.18. The van der Waals surface area contributed by atoms with Gasteiger partial charge in [0.05, 0.1) is 5.69 Å². The van der Waals surface area contributed by atoms with E-state index in [0.717, 1.165) is 29.1 Å². The molecule has 0 spiro atoms. The van der Waals surface area contributed by atoms with Crippen molar-refractivity contribution in [3.05, 3.63) is 16.8 Å². The molecule has 21 heavy (non-hydrogen) atoms. The number of aromatic nitrogens is 2. The predicted molar refractivity (Wildman–Crippen MR) is 84.5 cm³/mol. The molecule has 5 nitrogen and oxygen atoms in total. The van der Waals surface area contributed by atoms with Gasteiger partial charge >= 0.3 is 0 Å². The van der Waals surface area contributed by atoms with E-state index in [-0.39, 0.29) is 5.92 Å². The molecule has 1 saturated heterocycles. The van der Waals surface area contributed by atoms with Gasteiger partial charge in [-0.05, 0) is 25.7 Å². The monoisotopic (exact) mass is 327 g/mol. The largest absolute Gasteiger partial charge is 0.279 e. The van der Waals surface area contributed by atoms with Crippen LogP contribution in [-0.4, -0.2) is 35.2 Å². The van der Waals surface area contributed by atoms with Gasteiger partial charge in [0.25, 0.3) is 10.0 Å². The number of rotatable bonds is 3. The Kier molecular flexibility index (Phi) is 3.83. The lowest BCUT2D eigenvalue weighted by Gasteiger charge is -2.26. The zero-order valence-corrected chi connectivity index (χ0v) is 14.3. The predicted octanol–water partition coefficient (Wildman–Crippen LogP) is 3.00. The topological polar surface area (TPSA) is 54.7 Å². The lowest BCUT2D eigenvalue weighted by molar-refractivity contribution is 0.345. The molecule has 0 saturated carbocycles. The molecule has 2 aromatic rings. The smallest absolute Gasteiger partial charge is 0.261 e. The molecule has 0 unspecified atom stereocenters. The number of aryl methyl sites for hydroxylation is 1. The van der Waals surface area contributed by atoms with Crippen molar-refractivity contribution in [2.45, 2.75) is 51.0 Å². The third-order valence-corrected chi connectivity index (χ3v) is 6.71. The zero-order chi connectivity index (χ0) is 15.2. The van der Waals surface area contributed by atoms with E-state index in [0.29, 0.717) is 23.8 Å². The molecule has 0 N–H and O–H groups in total. The summed E-state index contributed by atoms with van der Waals surface area (Å²) < 4.78 is 29.5. The quantitative estimate of drug-likeness (QED) is 0.871. The van der Waals surface area contributed by atoms with Crippen LogP contribution in [0.5, 0.6) is 0 Å². The fourth-order valence-corrected chi connectivity index (χ4v) is 5.62. The Morgan fingerprint density at radius 1 is 1.24 bits per heavy atom. The van der Waals surface area contributed by atoms with Crippen LogP contribution < -0.4 is 0 Å². The maximum absolute atomic E-state index is 13.1. The molecule has 1 fully saturated rings. The van der Waals surface area contributed by atoms with E-state index in [1.165, 1.54) is 11.3 Å². The molecule has 0 atom stereocenters. The second-order valence-corrected chi connectivity index (χ2v) is 8.98. The standard InChI is InChI=1S/C14H21N3O2S2/c1-10(2)12-13(17-9-11(3)20-14(17)15-12)21(18,19)16-7-5-4-6-8-16/h9-10H,4-8H2,1-3H3. The van der Waals surface area contributed by atoms with Crippen molar-refractivity contribution in [3.63, 3.8) is 0 Å². The van der Waals surface area contributed by atoms with Gasteiger partial charge < -0.3 is 0 Å². The Bertz CT molecular complexity index is 753. The van der Waals surface area contributed by atoms with Crippen molar-refractivity contribution < 1.29 is 8.42 Å². The van der Waals surface area contributed by atoms with E-state index < -0.39 is 10.0 Å². The van der Waals surface area contributed by atoms with Gasteiger partial charge in [0.2, 0.25) is 0 Å². The van der Waals surface area contributed by atoms with Crippen LogP contribution in [-0.2, 0) is 10.0 Å².